The number of hydrogen-bond acceptors (Lipinski definition) is 5. The second kappa shape index (κ2) is 8.22. The largest absolute Gasteiger partial charge is 0.443 e. The Balaban J connectivity index is 1.69. The van der Waals surface area contributed by atoms with Gasteiger partial charge < -0.3 is 9.26 Å². The van der Waals surface area contributed by atoms with Crippen molar-refractivity contribution in [3.05, 3.63) is 65.7 Å². The molecule has 2 rings (SSSR count). The van der Waals surface area contributed by atoms with Crippen LogP contribution >= 0.6 is 8.25 Å². The van der Waals surface area contributed by atoms with E-state index >= 15 is 0 Å². The lowest BCUT2D eigenvalue weighted by Crippen LogP contribution is -2.22. The number of carbonyl (C=O) groups is 1. The summed E-state index contributed by atoms with van der Waals surface area (Å²) in [5.74, 6) is 0.397. The lowest BCUT2D eigenvalue weighted by molar-refractivity contribution is 0.0933. The molecule has 2 aromatic rings. The van der Waals surface area contributed by atoms with Crippen LogP contribution in [0.25, 0.3) is 0 Å². The standard InChI is InChI=1S/C15H16NO5P/c1-12-7-9-14(10-8-12)20-22(18)21-16-15(17)19-11-13-5-3-2-4-6-13/h2-10,22H,11H2,1H3,(H,16,17). The van der Waals surface area contributed by atoms with Gasteiger partial charge in [0.1, 0.15) is 12.4 Å². The molecule has 1 atom stereocenters. The maximum absolute atomic E-state index is 11.5. The van der Waals surface area contributed by atoms with Crippen LogP contribution in [0.15, 0.2) is 54.6 Å². The van der Waals surface area contributed by atoms with Crippen LogP contribution in [-0.2, 0) is 20.5 Å². The second-order valence-corrected chi connectivity index (χ2v) is 5.34. The first kappa shape index (κ1) is 16.1. The predicted octanol–water partition coefficient (Wildman–Crippen LogP) is 3.62. The summed E-state index contributed by atoms with van der Waals surface area (Å²) in [7, 11) is -2.89. The topological polar surface area (TPSA) is 73.9 Å². The van der Waals surface area contributed by atoms with Crippen LogP contribution in [0.2, 0.25) is 0 Å². The number of rotatable bonds is 6. The van der Waals surface area contributed by atoms with E-state index in [1.54, 1.807) is 12.1 Å². The lowest BCUT2D eigenvalue weighted by atomic mass is 10.2. The summed E-state index contributed by atoms with van der Waals surface area (Å²) >= 11 is 0. The fourth-order valence-electron chi connectivity index (χ4n) is 1.56. The van der Waals surface area contributed by atoms with Gasteiger partial charge in [-0.1, -0.05) is 48.0 Å². The summed E-state index contributed by atoms with van der Waals surface area (Å²) < 4.78 is 26.1. The van der Waals surface area contributed by atoms with E-state index < -0.39 is 14.3 Å². The van der Waals surface area contributed by atoms with Gasteiger partial charge in [-0.2, -0.15) is 10.1 Å². The van der Waals surface area contributed by atoms with Crippen LogP contribution in [0.3, 0.4) is 0 Å². The van der Waals surface area contributed by atoms with Crippen molar-refractivity contribution in [1.82, 2.24) is 5.48 Å². The van der Waals surface area contributed by atoms with E-state index in [2.05, 4.69) is 4.62 Å². The summed E-state index contributed by atoms with van der Waals surface area (Å²) in [4.78, 5) is 11.4. The molecule has 22 heavy (non-hydrogen) atoms. The molecule has 6 nitrogen and oxygen atoms in total. The highest BCUT2D eigenvalue weighted by atomic mass is 31.1. The van der Waals surface area contributed by atoms with Crippen molar-refractivity contribution in [1.29, 1.82) is 0 Å². The van der Waals surface area contributed by atoms with E-state index in [0.29, 0.717) is 5.75 Å². The highest BCUT2D eigenvalue weighted by molar-refractivity contribution is 7.33. The average molecular weight is 321 g/mol. The normalized spacial score (nSPS) is 11.5. The Morgan fingerprint density at radius 3 is 2.45 bits per heavy atom. The third kappa shape index (κ3) is 5.60. The van der Waals surface area contributed by atoms with Gasteiger partial charge >= 0.3 is 14.3 Å². The first-order valence-electron chi connectivity index (χ1n) is 6.55. The zero-order valence-corrected chi connectivity index (χ0v) is 12.9. The fourth-order valence-corrected chi connectivity index (χ4v) is 2.10. The van der Waals surface area contributed by atoms with Crippen LogP contribution in [0.1, 0.15) is 11.1 Å². The van der Waals surface area contributed by atoms with Crippen LogP contribution < -0.4 is 10.0 Å². The third-order valence-electron chi connectivity index (χ3n) is 2.65. The van der Waals surface area contributed by atoms with Gasteiger partial charge in [-0.3, -0.25) is 0 Å². The minimum Gasteiger partial charge on any atom is -0.443 e. The van der Waals surface area contributed by atoms with Gasteiger partial charge in [0.2, 0.25) is 0 Å². The molecule has 116 valence electrons. The first-order valence-corrected chi connectivity index (χ1v) is 7.78. The molecule has 0 radical (unpaired) electrons. The molecule has 1 unspecified atom stereocenters. The summed E-state index contributed by atoms with van der Waals surface area (Å²) in [6.45, 7) is 2.02. The maximum Gasteiger partial charge on any atom is 0.432 e. The average Bonchev–Trinajstić information content (AvgIpc) is 2.54. The molecule has 1 N–H and O–H groups in total. The molecule has 2 aromatic carbocycles. The lowest BCUT2D eigenvalue weighted by Gasteiger charge is -2.08. The van der Waals surface area contributed by atoms with E-state index in [-0.39, 0.29) is 6.61 Å². The third-order valence-corrected chi connectivity index (χ3v) is 3.32. The van der Waals surface area contributed by atoms with Crippen LogP contribution in [0, 0.1) is 6.92 Å². The van der Waals surface area contributed by atoms with Crippen LogP contribution in [0.5, 0.6) is 5.75 Å². The molecule has 0 spiro atoms. The van der Waals surface area contributed by atoms with Gasteiger partial charge in [-0.15, -0.1) is 0 Å². The molecule has 0 fully saturated rings. The quantitative estimate of drug-likeness (QED) is 0.650. The zero-order chi connectivity index (χ0) is 15.8. The molecule has 0 heterocycles. The van der Waals surface area contributed by atoms with Gasteiger partial charge in [0, 0.05) is 0 Å². The molecule has 0 aromatic heterocycles. The van der Waals surface area contributed by atoms with Gasteiger partial charge in [0.05, 0.1) is 0 Å². The molecule has 0 saturated heterocycles. The Kier molecular flexibility index (Phi) is 6.01. The molecule has 1 amide bonds. The number of ether oxygens (including phenoxy) is 1. The fraction of sp³-hybridized carbons (Fsp3) is 0.133. The van der Waals surface area contributed by atoms with Gasteiger partial charge in [0.15, 0.2) is 0 Å². The van der Waals surface area contributed by atoms with Crippen LogP contribution in [-0.4, -0.2) is 6.09 Å². The van der Waals surface area contributed by atoms with Crippen molar-refractivity contribution in [2.24, 2.45) is 0 Å². The Labute approximate surface area is 128 Å². The van der Waals surface area contributed by atoms with Crippen LogP contribution in [0.4, 0.5) is 4.79 Å². The maximum atomic E-state index is 11.5. The number of hydrogen-bond donors (Lipinski definition) is 1. The molecule has 0 aliphatic rings. The predicted molar refractivity (Wildman–Crippen MR) is 81.7 cm³/mol. The molecule has 0 bridgehead atoms. The monoisotopic (exact) mass is 321 g/mol. The zero-order valence-electron chi connectivity index (χ0n) is 11.9. The first-order chi connectivity index (χ1) is 10.6. The van der Waals surface area contributed by atoms with E-state index in [1.165, 1.54) is 0 Å². The minimum atomic E-state index is -2.89. The number of carbonyl (C=O) groups excluding carboxylic acids is 1. The highest BCUT2D eigenvalue weighted by Gasteiger charge is 2.07. The Hall–Kier alpha value is -2.30. The Morgan fingerprint density at radius 2 is 1.77 bits per heavy atom. The van der Waals surface area contributed by atoms with Gasteiger partial charge in [0.25, 0.3) is 0 Å². The van der Waals surface area contributed by atoms with Crippen molar-refractivity contribution in [3.63, 3.8) is 0 Å². The molecule has 0 saturated carbocycles. The molecular weight excluding hydrogens is 305 g/mol. The van der Waals surface area contributed by atoms with E-state index in [0.717, 1.165) is 11.1 Å². The van der Waals surface area contributed by atoms with E-state index in [1.807, 2.05) is 54.9 Å². The smallest absolute Gasteiger partial charge is 0.432 e. The van der Waals surface area contributed by atoms with Gasteiger partial charge in [-0.25, -0.2) is 9.36 Å². The molecule has 7 heteroatoms. The molecule has 0 aliphatic carbocycles. The summed E-state index contributed by atoms with van der Waals surface area (Å²) in [5.41, 5.74) is 3.82. The summed E-state index contributed by atoms with van der Waals surface area (Å²) in [6.07, 6.45) is -0.838. The Bertz CT molecular complexity index is 630. The van der Waals surface area contributed by atoms with Gasteiger partial charge in [-0.05, 0) is 24.6 Å². The highest BCUT2D eigenvalue weighted by Crippen LogP contribution is 2.26. The molecular formula is C15H16NO5P. The molecule has 0 aliphatic heterocycles. The Morgan fingerprint density at radius 1 is 1.09 bits per heavy atom. The summed E-state index contributed by atoms with van der Waals surface area (Å²) in [5, 5.41) is 0. The number of amides is 1. The number of aryl methyl sites for hydroxylation is 1. The summed E-state index contributed by atoms with van der Waals surface area (Å²) in [6, 6.07) is 16.1. The van der Waals surface area contributed by atoms with Crippen molar-refractivity contribution >= 4 is 14.3 Å². The number of benzene rings is 2. The minimum absolute atomic E-state index is 0.0930. The van der Waals surface area contributed by atoms with Crippen molar-refractivity contribution < 1.29 is 23.2 Å². The number of nitrogens with one attached hydrogen (secondary N) is 1. The second-order valence-electron chi connectivity index (χ2n) is 4.43. The van der Waals surface area contributed by atoms with E-state index in [9.17, 15) is 9.36 Å². The van der Waals surface area contributed by atoms with Crippen molar-refractivity contribution in [2.45, 2.75) is 13.5 Å². The van der Waals surface area contributed by atoms with Crippen molar-refractivity contribution in [2.75, 3.05) is 0 Å². The van der Waals surface area contributed by atoms with E-state index in [4.69, 9.17) is 9.26 Å². The SMILES string of the molecule is Cc1ccc(O[PH](=O)ONC(=O)OCc2ccccc2)cc1. The number of hydroxylamine groups is 1. The van der Waals surface area contributed by atoms with Crippen molar-refractivity contribution in [3.8, 4) is 5.75 Å².